The van der Waals surface area contributed by atoms with Crippen molar-refractivity contribution in [3.05, 3.63) is 386 Å². The number of aromatic nitrogens is 3. The Morgan fingerprint density at radius 3 is 1.51 bits per heavy atom. The molecule has 13 aromatic rings. The van der Waals surface area contributed by atoms with Gasteiger partial charge in [0, 0.05) is 23.3 Å². The zero-order valence-electron chi connectivity index (χ0n) is 49.3. The van der Waals surface area contributed by atoms with Gasteiger partial charge in [0.05, 0.1) is 30.5 Å². The Hall–Kier alpha value is -10.7. The fourth-order valence-corrected chi connectivity index (χ4v) is 13.5. The van der Waals surface area contributed by atoms with Crippen LogP contribution in [0.2, 0.25) is 0 Å². The molecule has 0 amide bonds. The summed E-state index contributed by atoms with van der Waals surface area (Å²) in [7, 11) is 0. The van der Waals surface area contributed by atoms with E-state index in [1.165, 1.54) is 111 Å². The van der Waals surface area contributed by atoms with Crippen LogP contribution in [0.15, 0.2) is 310 Å². The predicted octanol–water partition coefficient (Wildman–Crippen LogP) is 17.2. The number of rotatable bonds is 9. The summed E-state index contributed by atoms with van der Waals surface area (Å²) in [5, 5.41) is 3.78. The van der Waals surface area contributed by atoms with E-state index in [-0.39, 0.29) is 18.1 Å². The summed E-state index contributed by atoms with van der Waals surface area (Å²) in [6, 6.07) is 107. The first-order chi connectivity index (χ1) is 42.9. The highest BCUT2D eigenvalue weighted by Crippen LogP contribution is 2.45. The van der Waals surface area contributed by atoms with Gasteiger partial charge in [-0.2, -0.15) is 0 Å². The van der Waals surface area contributed by atoms with Gasteiger partial charge in [-0.15, -0.1) is 0 Å². The molecule has 3 aliphatic rings. The fourth-order valence-electron chi connectivity index (χ4n) is 13.5. The molecule has 16 rings (SSSR count). The minimum atomic E-state index is 0.0865. The van der Waals surface area contributed by atoms with E-state index in [1.54, 1.807) is 0 Å². The molecule has 0 saturated carbocycles. The average molecular weight is 1130 g/mol. The van der Waals surface area contributed by atoms with Gasteiger partial charge in [-0.05, 0) is 105 Å². The van der Waals surface area contributed by atoms with Gasteiger partial charge < -0.3 is 23.5 Å². The van der Waals surface area contributed by atoms with Gasteiger partial charge in [-0.3, -0.25) is 4.90 Å². The quantitative estimate of drug-likeness (QED) is 0.106. The lowest BCUT2D eigenvalue weighted by atomic mass is 9.92. The highest BCUT2D eigenvalue weighted by molar-refractivity contribution is 5.95. The summed E-state index contributed by atoms with van der Waals surface area (Å²) in [5.74, 6) is 0. The number of pyridine rings is 3. The van der Waals surface area contributed by atoms with E-state index in [9.17, 15) is 0 Å². The summed E-state index contributed by atoms with van der Waals surface area (Å²) in [4.78, 5) is 7.30. The maximum Gasteiger partial charge on any atom is 0.145 e. The minimum absolute atomic E-state index is 0.0865. The van der Waals surface area contributed by atoms with Crippen LogP contribution in [-0.4, -0.2) is 4.90 Å². The first-order valence-electron chi connectivity index (χ1n) is 30.2. The molecule has 10 aromatic carbocycles. The Bertz CT molecular complexity index is 4520. The second-order valence-corrected chi connectivity index (χ2v) is 22.8. The molecule has 3 unspecified atom stereocenters. The largest absolute Gasteiger partial charge is 0.341 e. The second-order valence-electron chi connectivity index (χ2n) is 22.8. The van der Waals surface area contributed by atoms with Crippen molar-refractivity contribution in [3.8, 4) is 22.3 Å². The Morgan fingerprint density at radius 1 is 0.379 bits per heavy atom. The van der Waals surface area contributed by atoms with Gasteiger partial charge in [0.15, 0.2) is 0 Å². The zero-order chi connectivity index (χ0) is 58.6. The van der Waals surface area contributed by atoms with E-state index in [1.807, 2.05) is 0 Å². The van der Waals surface area contributed by atoms with Crippen molar-refractivity contribution < 1.29 is 13.7 Å². The Balaban J connectivity index is 0.000000115. The van der Waals surface area contributed by atoms with Crippen molar-refractivity contribution in [2.75, 3.05) is 9.80 Å². The van der Waals surface area contributed by atoms with E-state index in [2.05, 4.69) is 379 Å². The van der Waals surface area contributed by atoms with Crippen LogP contribution in [0.4, 0.5) is 11.4 Å². The summed E-state index contributed by atoms with van der Waals surface area (Å²) in [5.41, 5.74) is 21.8. The predicted molar refractivity (Wildman–Crippen MR) is 354 cm³/mol. The topological polar surface area (TPSA) is 21.4 Å². The zero-order valence-corrected chi connectivity index (χ0v) is 49.3. The van der Waals surface area contributed by atoms with Crippen LogP contribution in [0.1, 0.15) is 74.2 Å². The third kappa shape index (κ3) is 10.7. The molecule has 0 spiro atoms. The van der Waals surface area contributed by atoms with Crippen LogP contribution in [-0.2, 0) is 6.54 Å². The molecule has 6 nitrogen and oxygen atoms in total. The molecular weight excluding hydrogens is 1060 g/mol. The molecule has 87 heavy (non-hydrogen) atoms. The Morgan fingerprint density at radius 2 is 0.874 bits per heavy atom. The van der Waals surface area contributed by atoms with E-state index in [4.69, 9.17) is 0 Å². The highest BCUT2D eigenvalue weighted by atomic mass is 15.3. The normalized spacial score (nSPS) is 15.4. The van der Waals surface area contributed by atoms with Gasteiger partial charge in [-0.1, -0.05) is 285 Å². The van der Waals surface area contributed by atoms with Crippen LogP contribution in [0.3, 0.4) is 0 Å². The number of anilines is 2. The second kappa shape index (κ2) is 24.1. The van der Waals surface area contributed by atoms with Gasteiger partial charge in [0.2, 0.25) is 0 Å². The molecular formula is C81H68N6. The SMILES string of the molecule is Cc1cc(C)c(N2[CH-][n+]3ccccc3C2c2ccccc2-c2ccccc2)c(C)c1.c1ccc(-c2ccccc2C2c3cccc[n+]3[CH-]N2c2cccc3ccccc23)cc1.c1ccc(CN2[CH-][n+]3c(ccc4ccccc43)C2c2ccccc2)cc1. The van der Waals surface area contributed by atoms with Gasteiger partial charge in [0.25, 0.3) is 0 Å². The van der Waals surface area contributed by atoms with Crippen LogP contribution in [0.25, 0.3) is 43.9 Å². The lowest BCUT2D eigenvalue weighted by molar-refractivity contribution is -0.630. The lowest BCUT2D eigenvalue weighted by Gasteiger charge is -2.31. The standard InChI is InChI=1S/C29H22N2.C28H26N2.C24H20N2/c1-2-11-22(12-3-1)24-15-6-7-17-26(24)29-28-18-8-9-20-30(28)21-31(29)27-19-10-14-23-13-4-5-16-25(23)27;1-20-17-21(2)27(22(3)18-20)30-19-29-16-10-9-15-26(29)28(30)25-14-8-7-13-24(25)23-11-5-4-6-12-23;1-3-9-19(10-4-1)17-25-18-26-22-14-8-7-11-20(22)15-16-23(26)24(25)21-12-5-2-6-13-21/h1-21,29H;4-19,28H,1-3H3;1-16,18,24H,17H2. The summed E-state index contributed by atoms with van der Waals surface area (Å²) in [6.07, 6.45) is 4.28. The molecule has 6 heteroatoms. The Labute approximate surface area is 512 Å². The van der Waals surface area contributed by atoms with Crippen LogP contribution in [0, 0.1) is 40.8 Å². The number of hydrogen-bond acceptors (Lipinski definition) is 3. The van der Waals surface area contributed by atoms with Crippen LogP contribution in [0.5, 0.6) is 0 Å². The minimum Gasteiger partial charge on any atom is -0.341 e. The number of fused-ring (bicyclic) bond motifs is 6. The number of aryl methyl sites for hydroxylation is 3. The maximum absolute atomic E-state index is 2.45. The monoisotopic (exact) mass is 1120 g/mol. The smallest absolute Gasteiger partial charge is 0.145 e. The number of para-hydroxylation sites is 1. The molecule has 422 valence electrons. The molecule has 3 aromatic heterocycles. The third-order valence-corrected chi connectivity index (χ3v) is 17.2. The number of benzene rings is 10. The molecule has 0 aliphatic carbocycles. The van der Waals surface area contributed by atoms with Crippen molar-refractivity contribution in [3.63, 3.8) is 0 Å². The molecule has 3 aliphatic heterocycles. The molecule has 0 N–H and O–H groups in total. The highest BCUT2D eigenvalue weighted by Gasteiger charge is 2.37. The molecule has 0 bridgehead atoms. The first kappa shape index (κ1) is 54.3. The number of hydrogen-bond donors (Lipinski definition) is 0. The van der Waals surface area contributed by atoms with Crippen LogP contribution >= 0.6 is 0 Å². The first-order valence-corrected chi connectivity index (χ1v) is 30.2. The molecule has 0 fully saturated rings. The molecule has 0 radical (unpaired) electrons. The van der Waals surface area contributed by atoms with E-state index in [0.29, 0.717) is 0 Å². The van der Waals surface area contributed by atoms with Crippen molar-refractivity contribution >= 4 is 33.1 Å². The van der Waals surface area contributed by atoms with E-state index in [0.717, 1.165) is 6.54 Å². The van der Waals surface area contributed by atoms with Crippen molar-refractivity contribution in [1.29, 1.82) is 0 Å². The van der Waals surface area contributed by atoms with E-state index < -0.39 is 0 Å². The van der Waals surface area contributed by atoms with Gasteiger partial charge in [-0.25, -0.2) is 0 Å². The molecule has 0 saturated heterocycles. The maximum atomic E-state index is 2.45. The third-order valence-electron chi connectivity index (χ3n) is 17.2. The van der Waals surface area contributed by atoms with Crippen molar-refractivity contribution in [2.24, 2.45) is 0 Å². The molecule has 3 atom stereocenters. The Kier molecular flexibility index (Phi) is 15.1. The van der Waals surface area contributed by atoms with Crippen LogP contribution < -0.4 is 23.5 Å². The summed E-state index contributed by atoms with van der Waals surface area (Å²) < 4.78 is 6.84. The van der Waals surface area contributed by atoms with E-state index >= 15 is 0 Å². The summed E-state index contributed by atoms with van der Waals surface area (Å²) >= 11 is 0. The lowest BCUT2D eigenvalue weighted by Crippen LogP contribution is -2.34. The average Bonchev–Trinajstić information content (AvgIpc) is 1.93. The van der Waals surface area contributed by atoms with Gasteiger partial charge >= 0.3 is 0 Å². The van der Waals surface area contributed by atoms with Crippen molar-refractivity contribution in [2.45, 2.75) is 45.4 Å². The van der Waals surface area contributed by atoms with Gasteiger partial charge in [0.1, 0.15) is 42.6 Å². The summed E-state index contributed by atoms with van der Waals surface area (Å²) in [6.45, 7) is 14.2. The molecule has 6 heterocycles. The fraction of sp³-hybridized carbons (Fsp3) is 0.0864. The number of nitrogens with zero attached hydrogens (tertiary/aromatic N) is 6. The van der Waals surface area contributed by atoms with Crippen molar-refractivity contribution in [1.82, 2.24) is 4.90 Å².